The molecule has 1 rings (SSSR count). The van der Waals surface area contributed by atoms with Gasteiger partial charge in [0.2, 0.25) is 0 Å². The van der Waals surface area contributed by atoms with E-state index < -0.39 is 0 Å². The van der Waals surface area contributed by atoms with E-state index in [2.05, 4.69) is 24.0 Å². The second kappa shape index (κ2) is 5.63. The molecule has 1 aromatic rings. The van der Waals surface area contributed by atoms with Crippen LogP contribution in [0.3, 0.4) is 0 Å². The number of aryl methyl sites for hydroxylation is 1. The quantitative estimate of drug-likeness (QED) is 0.818. The SMILES string of the molecule is Cc1ccccc1C(CN)N(C)C(C)(C)CO. The molecule has 0 aliphatic rings. The number of hydrogen-bond acceptors (Lipinski definition) is 3. The minimum Gasteiger partial charge on any atom is -0.394 e. The van der Waals surface area contributed by atoms with Gasteiger partial charge in [0.05, 0.1) is 6.61 Å². The Morgan fingerprint density at radius 2 is 1.94 bits per heavy atom. The van der Waals surface area contributed by atoms with Crippen LogP contribution in [-0.4, -0.2) is 35.7 Å². The summed E-state index contributed by atoms with van der Waals surface area (Å²) >= 11 is 0. The zero-order valence-corrected chi connectivity index (χ0v) is 11.3. The normalized spacial score (nSPS) is 14.1. The molecule has 96 valence electrons. The molecule has 17 heavy (non-hydrogen) atoms. The van der Waals surface area contributed by atoms with Gasteiger partial charge in [-0.25, -0.2) is 0 Å². The molecule has 0 saturated carbocycles. The molecular formula is C14H24N2O. The van der Waals surface area contributed by atoms with Crippen LogP contribution in [0.5, 0.6) is 0 Å². The van der Waals surface area contributed by atoms with Gasteiger partial charge in [-0.3, -0.25) is 4.90 Å². The first-order chi connectivity index (χ1) is 7.94. The van der Waals surface area contributed by atoms with Crippen molar-refractivity contribution in [2.24, 2.45) is 5.73 Å². The summed E-state index contributed by atoms with van der Waals surface area (Å²) in [5.41, 5.74) is 8.11. The molecule has 0 saturated heterocycles. The van der Waals surface area contributed by atoms with Gasteiger partial charge in [-0.1, -0.05) is 24.3 Å². The highest BCUT2D eigenvalue weighted by molar-refractivity contribution is 5.29. The number of benzene rings is 1. The molecule has 0 fully saturated rings. The van der Waals surface area contributed by atoms with Crippen LogP contribution in [0.4, 0.5) is 0 Å². The topological polar surface area (TPSA) is 49.5 Å². The Labute approximate surface area is 104 Å². The molecular weight excluding hydrogens is 212 g/mol. The van der Waals surface area contributed by atoms with E-state index in [4.69, 9.17) is 5.73 Å². The van der Waals surface area contributed by atoms with Crippen LogP contribution in [-0.2, 0) is 0 Å². The van der Waals surface area contributed by atoms with Gasteiger partial charge < -0.3 is 10.8 Å². The van der Waals surface area contributed by atoms with Crippen LogP contribution in [0.15, 0.2) is 24.3 Å². The summed E-state index contributed by atoms with van der Waals surface area (Å²) in [7, 11) is 2.01. The number of aliphatic hydroxyl groups is 1. The summed E-state index contributed by atoms with van der Waals surface area (Å²) < 4.78 is 0. The van der Waals surface area contributed by atoms with Crippen LogP contribution in [0.1, 0.15) is 31.0 Å². The highest BCUT2D eigenvalue weighted by atomic mass is 16.3. The second-order valence-corrected chi connectivity index (χ2v) is 5.19. The Bertz CT molecular complexity index is 363. The molecule has 3 heteroatoms. The van der Waals surface area contributed by atoms with Crippen molar-refractivity contribution < 1.29 is 5.11 Å². The average molecular weight is 236 g/mol. The molecule has 0 bridgehead atoms. The fourth-order valence-corrected chi connectivity index (χ4v) is 1.99. The fraction of sp³-hybridized carbons (Fsp3) is 0.571. The summed E-state index contributed by atoms with van der Waals surface area (Å²) in [4.78, 5) is 2.15. The Hall–Kier alpha value is -0.900. The molecule has 0 aliphatic heterocycles. The van der Waals surface area contributed by atoms with E-state index in [1.165, 1.54) is 11.1 Å². The van der Waals surface area contributed by atoms with E-state index in [0.29, 0.717) is 6.54 Å². The Kier molecular flexibility index (Phi) is 4.69. The fourth-order valence-electron chi connectivity index (χ4n) is 1.99. The summed E-state index contributed by atoms with van der Waals surface area (Å²) in [6, 6.07) is 8.40. The van der Waals surface area contributed by atoms with Crippen molar-refractivity contribution in [3.8, 4) is 0 Å². The maximum absolute atomic E-state index is 9.44. The first-order valence-corrected chi connectivity index (χ1v) is 6.03. The van der Waals surface area contributed by atoms with Gasteiger partial charge >= 0.3 is 0 Å². The average Bonchev–Trinajstić information content (AvgIpc) is 2.32. The predicted octanol–water partition coefficient (Wildman–Crippen LogP) is 1.70. The van der Waals surface area contributed by atoms with E-state index >= 15 is 0 Å². The van der Waals surface area contributed by atoms with E-state index in [-0.39, 0.29) is 18.2 Å². The highest BCUT2D eigenvalue weighted by Gasteiger charge is 2.29. The first kappa shape index (κ1) is 14.2. The molecule has 1 unspecified atom stereocenters. The lowest BCUT2D eigenvalue weighted by Crippen LogP contribution is -2.48. The van der Waals surface area contributed by atoms with E-state index in [9.17, 15) is 5.11 Å². The van der Waals surface area contributed by atoms with Crippen LogP contribution in [0.25, 0.3) is 0 Å². The zero-order chi connectivity index (χ0) is 13.1. The maximum Gasteiger partial charge on any atom is 0.0610 e. The second-order valence-electron chi connectivity index (χ2n) is 5.19. The van der Waals surface area contributed by atoms with E-state index in [1.807, 2.05) is 33.0 Å². The third-order valence-electron chi connectivity index (χ3n) is 3.58. The summed E-state index contributed by atoms with van der Waals surface area (Å²) in [5, 5.41) is 9.44. The first-order valence-electron chi connectivity index (χ1n) is 6.03. The van der Waals surface area contributed by atoms with Crippen molar-refractivity contribution in [2.75, 3.05) is 20.2 Å². The molecule has 0 heterocycles. The maximum atomic E-state index is 9.44. The summed E-state index contributed by atoms with van der Waals surface area (Å²) in [6.45, 7) is 6.80. The standard InChI is InChI=1S/C14H24N2O/c1-11-7-5-6-8-12(11)13(9-15)16(4)14(2,3)10-17/h5-8,13,17H,9-10,15H2,1-4H3. The Morgan fingerprint density at radius 3 is 2.41 bits per heavy atom. The van der Waals surface area contributed by atoms with Crippen molar-refractivity contribution in [3.63, 3.8) is 0 Å². The van der Waals surface area contributed by atoms with Gasteiger partial charge in [-0.15, -0.1) is 0 Å². The summed E-state index contributed by atoms with van der Waals surface area (Å²) in [5.74, 6) is 0. The Morgan fingerprint density at radius 1 is 1.35 bits per heavy atom. The summed E-state index contributed by atoms with van der Waals surface area (Å²) in [6.07, 6.45) is 0. The van der Waals surface area contributed by atoms with Crippen molar-refractivity contribution in [1.29, 1.82) is 0 Å². The number of rotatable bonds is 5. The smallest absolute Gasteiger partial charge is 0.0610 e. The number of aliphatic hydroxyl groups excluding tert-OH is 1. The predicted molar refractivity (Wildman–Crippen MR) is 71.9 cm³/mol. The van der Waals surface area contributed by atoms with Crippen molar-refractivity contribution in [2.45, 2.75) is 32.4 Å². The van der Waals surface area contributed by atoms with E-state index in [1.54, 1.807) is 0 Å². The van der Waals surface area contributed by atoms with Gasteiger partial charge in [0, 0.05) is 18.1 Å². The zero-order valence-electron chi connectivity index (χ0n) is 11.3. The lowest BCUT2D eigenvalue weighted by atomic mass is 9.95. The molecule has 0 aliphatic carbocycles. The van der Waals surface area contributed by atoms with Gasteiger partial charge in [-0.05, 0) is 38.9 Å². The van der Waals surface area contributed by atoms with Gasteiger partial charge in [0.15, 0.2) is 0 Å². The van der Waals surface area contributed by atoms with Gasteiger partial charge in [0.1, 0.15) is 0 Å². The van der Waals surface area contributed by atoms with E-state index in [0.717, 1.165) is 0 Å². The third kappa shape index (κ3) is 3.06. The van der Waals surface area contributed by atoms with Crippen molar-refractivity contribution in [1.82, 2.24) is 4.90 Å². The molecule has 3 N–H and O–H groups in total. The number of nitrogens with zero attached hydrogens (tertiary/aromatic N) is 1. The molecule has 0 amide bonds. The lowest BCUT2D eigenvalue weighted by molar-refractivity contribution is 0.0468. The molecule has 0 spiro atoms. The largest absolute Gasteiger partial charge is 0.394 e. The monoisotopic (exact) mass is 236 g/mol. The molecule has 0 aromatic heterocycles. The van der Waals surface area contributed by atoms with Crippen molar-refractivity contribution in [3.05, 3.63) is 35.4 Å². The molecule has 1 aromatic carbocycles. The van der Waals surface area contributed by atoms with Crippen molar-refractivity contribution >= 4 is 0 Å². The number of likely N-dealkylation sites (N-methyl/N-ethyl adjacent to an activating group) is 1. The molecule has 1 atom stereocenters. The van der Waals surface area contributed by atoms with Gasteiger partial charge in [0.25, 0.3) is 0 Å². The lowest BCUT2D eigenvalue weighted by Gasteiger charge is -2.40. The van der Waals surface area contributed by atoms with Crippen LogP contribution < -0.4 is 5.73 Å². The number of nitrogens with two attached hydrogens (primary N) is 1. The molecule has 3 nitrogen and oxygen atoms in total. The van der Waals surface area contributed by atoms with Gasteiger partial charge in [-0.2, -0.15) is 0 Å². The number of hydrogen-bond donors (Lipinski definition) is 2. The van der Waals surface area contributed by atoms with Crippen LogP contribution in [0, 0.1) is 6.92 Å². The minimum atomic E-state index is -0.272. The third-order valence-corrected chi connectivity index (χ3v) is 3.58. The Balaban J connectivity index is 3.04. The van der Waals surface area contributed by atoms with Crippen LogP contribution >= 0.6 is 0 Å². The minimum absolute atomic E-state index is 0.117. The molecule has 0 radical (unpaired) electrons. The van der Waals surface area contributed by atoms with Crippen LogP contribution in [0.2, 0.25) is 0 Å². The highest BCUT2D eigenvalue weighted by Crippen LogP contribution is 2.27.